The summed E-state index contributed by atoms with van der Waals surface area (Å²) in [6.45, 7) is 0.254. The minimum absolute atomic E-state index is 0.151. The van der Waals surface area contributed by atoms with Gasteiger partial charge in [0, 0.05) is 13.2 Å². The van der Waals surface area contributed by atoms with Crippen molar-refractivity contribution in [2.24, 2.45) is 0 Å². The van der Waals surface area contributed by atoms with Gasteiger partial charge in [-0.2, -0.15) is 0 Å². The summed E-state index contributed by atoms with van der Waals surface area (Å²) in [4.78, 5) is 15.9. The summed E-state index contributed by atoms with van der Waals surface area (Å²) in [6.07, 6.45) is 1.44. The van der Waals surface area contributed by atoms with Crippen LogP contribution in [-0.4, -0.2) is 23.2 Å². The lowest BCUT2D eigenvalue weighted by Gasteiger charge is -2.04. The molecule has 0 aliphatic heterocycles. The first-order chi connectivity index (χ1) is 9.10. The summed E-state index contributed by atoms with van der Waals surface area (Å²) in [5.41, 5.74) is 6.20. The molecule has 0 bridgehead atoms. The molecule has 0 aliphatic carbocycles. The number of pyridine rings is 1. The number of amides is 1. The van der Waals surface area contributed by atoms with Crippen molar-refractivity contribution in [3.63, 3.8) is 0 Å². The van der Waals surface area contributed by atoms with Crippen molar-refractivity contribution in [2.75, 3.05) is 18.2 Å². The molecule has 1 amide bonds. The third-order valence-electron chi connectivity index (χ3n) is 2.17. The van der Waals surface area contributed by atoms with E-state index in [2.05, 4.69) is 31.4 Å². The molecule has 0 spiro atoms. The zero-order valence-corrected chi connectivity index (χ0v) is 11.6. The van der Waals surface area contributed by atoms with Gasteiger partial charge in [0.15, 0.2) is 11.5 Å². The molecule has 0 saturated heterocycles. The van der Waals surface area contributed by atoms with Gasteiger partial charge in [0.25, 0.3) is 5.91 Å². The number of carbonyl (C=O) groups excluding carboxylic acids is 1. The number of nitrogens with one attached hydrogen (secondary N) is 1. The molecule has 3 N–H and O–H groups in total. The molecular formula is C11H11BrN4O3. The maximum Gasteiger partial charge on any atom is 0.279 e. The summed E-state index contributed by atoms with van der Waals surface area (Å²) in [5, 5.41) is 6.24. The van der Waals surface area contributed by atoms with Crippen LogP contribution in [0.5, 0.6) is 0 Å². The maximum atomic E-state index is 11.9. The average molecular weight is 327 g/mol. The second kappa shape index (κ2) is 5.81. The molecule has 0 radical (unpaired) electrons. The first kappa shape index (κ1) is 13.5. The molecule has 2 rings (SSSR count). The van der Waals surface area contributed by atoms with Crippen molar-refractivity contribution in [3.8, 4) is 0 Å². The zero-order valence-electron chi connectivity index (χ0n) is 10.0. The smallest absolute Gasteiger partial charge is 0.279 e. The largest absolute Gasteiger partial charge is 0.397 e. The molecule has 0 atom stereocenters. The van der Waals surface area contributed by atoms with E-state index in [4.69, 9.17) is 15.0 Å². The molecule has 7 nitrogen and oxygen atoms in total. The molecule has 2 aromatic heterocycles. The molecule has 19 heavy (non-hydrogen) atoms. The second-order valence-electron chi connectivity index (χ2n) is 3.66. The first-order valence-corrected chi connectivity index (χ1v) is 6.06. The number of hydrogen-bond donors (Lipinski definition) is 2. The predicted molar refractivity (Wildman–Crippen MR) is 71.5 cm³/mol. The fourth-order valence-corrected chi connectivity index (χ4v) is 1.81. The molecule has 0 saturated carbocycles. The van der Waals surface area contributed by atoms with Crippen LogP contribution in [0, 0.1) is 0 Å². The Morgan fingerprint density at radius 3 is 3.05 bits per heavy atom. The Morgan fingerprint density at radius 2 is 2.37 bits per heavy atom. The number of hydrogen-bond acceptors (Lipinski definition) is 6. The maximum absolute atomic E-state index is 11.9. The topological polar surface area (TPSA) is 103 Å². The zero-order chi connectivity index (χ0) is 13.8. The number of ether oxygens (including phenoxy) is 1. The van der Waals surface area contributed by atoms with Gasteiger partial charge in [0.2, 0.25) is 0 Å². The van der Waals surface area contributed by atoms with Gasteiger partial charge < -0.3 is 20.3 Å². The van der Waals surface area contributed by atoms with Gasteiger partial charge in [0.05, 0.1) is 16.4 Å². The quantitative estimate of drug-likeness (QED) is 0.888. The van der Waals surface area contributed by atoms with E-state index in [1.165, 1.54) is 19.4 Å². The summed E-state index contributed by atoms with van der Waals surface area (Å²) < 4.78 is 10.4. The summed E-state index contributed by atoms with van der Waals surface area (Å²) in [7, 11) is 1.53. The Morgan fingerprint density at radius 1 is 1.58 bits per heavy atom. The van der Waals surface area contributed by atoms with Crippen LogP contribution in [0.15, 0.2) is 27.3 Å². The number of anilines is 2. The van der Waals surface area contributed by atoms with Gasteiger partial charge in [0.1, 0.15) is 12.4 Å². The van der Waals surface area contributed by atoms with Gasteiger partial charge in [-0.25, -0.2) is 4.98 Å². The molecule has 0 unspecified atom stereocenters. The van der Waals surface area contributed by atoms with Crippen LogP contribution in [0.2, 0.25) is 0 Å². The Labute approximate surface area is 117 Å². The lowest BCUT2D eigenvalue weighted by atomic mass is 10.3. The van der Waals surface area contributed by atoms with Gasteiger partial charge in [-0.3, -0.25) is 4.79 Å². The number of carbonyl (C=O) groups is 1. The first-order valence-electron chi connectivity index (χ1n) is 5.27. The van der Waals surface area contributed by atoms with Crippen LogP contribution in [0.4, 0.5) is 11.5 Å². The van der Waals surface area contributed by atoms with Crippen LogP contribution in [0.25, 0.3) is 0 Å². The van der Waals surface area contributed by atoms with Gasteiger partial charge in [-0.1, -0.05) is 5.16 Å². The summed E-state index contributed by atoms with van der Waals surface area (Å²) >= 11 is 3.26. The molecule has 100 valence electrons. The number of nitrogens with zero attached hydrogens (tertiary/aromatic N) is 2. The standard InChI is InChI=1S/C11H11BrN4O3/c1-18-5-7-3-9(16-19-7)11(17)15-10-8(12)2-6(13)4-14-10/h2-4H,5,13H2,1H3,(H,14,15,17). The van der Waals surface area contributed by atoms with Crippen molar-refractivity contribution in [1.29, 1.82) is 0 Å². The van der Waals surface area contributed by atoms with Crippen molar-refractivity contribution < 1.29 is 14.1 Å². The van der Waals surface area contributed by atoms with Gasteiger partial charge in [-0.15, -0.1) is 0 Å². The van der Waals surface area contributed by atoms with Crippen molar-refractivity contribution >= 4 is 33.3 Å². The normalized spacial score (nSPS) is 10.4. The number of halogens is 1. The highest BCUT2D eigenvalue weighted by Gasteiger charge is 2.14. The molecular weight excluding hydrogens is 316 g/mol. The SMILES string of the molecule is COCc1cc(C(=O)Nc2ncc(N)cc2Br)no1. The number of aromatic nitrogens is 2. The molecule has 2 aromatic rings. The Balaban J connectivity index is 2.11. The van der Waals surface area contributed by atoms with E-state index in [1.54, 1.807) is 6.07 Å². The lowest BCUT2D eigenvalue weighted by molar-refractivity contribution is 0.101. The Hall–Kier alpha value is -1.93. The number of rotatable bonds is 4. The molecule has 0 fully saturated rings. The van der Waals surface area contributed by atoms with Gasteiger partial charge in [-0.05, 0) is 22.0 Å². The molecule has 0 aromatic carbocycles. The fourth-order valence-electron chi connectivity index (χ4n) is 1.35. The third-order valence-corrected chi connectivity index (χ3v) is 2.78. The van der Waals surface area contributed by atoms with E-state index in [9.17, 15) is 4.79 Å². The molecule has 0 aliphatic rings. The fraction of sp³-hybridized carbons (Fsp3) is 0.182. The molecule has 2 heterocycles. The lowest BCUT2D eigenvalue weighted by Crippen LogP contribution is -2.13. The van der Waals surface area contributed by atoms with Crippen LogP contribution in [0.3, 0.4) is 0 Å². The van der Waals surface area contributed by atoms with Crippen LogP contribution >= 0.6 is 15.9 Å². The van der Waals surface area contributed by atoms with E-state index in [1.807, 2.05) is 0 Å². The highest BCUT2D eigenvalue weighted by Crippen LogP contribution is 2.22. The van der Waals surface area contributed by atoms with E-state index < -0.39 is 5.91 Å². The van der Waals surface area contributed by atoms with Crippen LogP contribution < -0.4 is 11.1 Å². The van der Waals surface area contributed by atoms with Crippen LogP contribution in [0.1, 0.15) is 16.2 Å². The van der Waals surface area contributed by atoms with Crippen LogP contribution in [-0.2, 0) is 11.3 Å². The highest BCUT2D eigenvalue weighted by molar-refractivity contribution is 9.10. The Kier molecular flexibility index (Phi) is 4.13. The van der Waals surface area contributed by atoms with E-state index >= 15 is 0 Å². The third kappa shape index (κ3) is 3.30. The average Bonchev–Trinajstić information content (AvgIpc) is 2.82. The summed E-state index contributed by atoms with van der Waals surface area (Å²) in [6, 6.07) is 3.14. The minimum Gasteiger partial charge on any atom is -0.397 e. The summed E-state index contributed by atoms with van der Waals surface area (Å²) in [5.74, 6) is 0.400. The number of nitrogens with two attached hydrogens (primary N) is 1. The number of methoxy groups -OCH3 is 1. The second-order valence-corrected chi connectivity index (χ2v) is 4.52. The van der Waals surface area contributed by atoms with Crippen molar-refractivity contribution in [2.45, 2.75) is 6.61 Å². The van der Waals surface area contributed by atoms with E-state index in [-0.39, 0.29) is 12.3 Å². The highest BCUT2D eigenvalue weighted by atomic mass is 79.9. The van der Waals surface area contributed by atoms with E-state index in [0.717, 1.165) is 0 Å². The minimum atomic E-state index is -0.427. The Bertz CT molecular complexity index is 599. The van der Waals surface area contributed by atoms with Crippen molar-refractivity contribution in [3.05, 3.63) is 34.3 Å². The van der Waals surface area contributed by atoms with Crippen molar-refractivity contribution in [1.82, 2.24) is 10.1 Å². The van der Waals surface area contributed by atoms with Gasteiger partial charge >= 0.3 is 0 Å². The number of nitrogen functional groups attached to an aromatic ring is 1. The van der Waals surface area contributed by atoms with E-state index in [0.29, 0.717) is 21.7 Å². The predicted octanol–water partition coefficient (Wildman–Crippen LogP) is 1.81. The molecule has 8 heteroatoms. The monoisotopic (exact) mass is 326 g/mol.